The highest BCUT2D eigenvalue weighted by molar-refractivity contribution is 6.20. The molecule has 4 heteroatoms. The van der Waals surface area contributed by atoms with Gasteiger partial charge in [-0.25, -0.2) is 0 Å². The summed E-state index contributed by atoms with van der Waals surface area (Å²) < 4.78 is 2.09. The summed E-state index contributed by atoms with van der Waals surface area (Å²) in [4.78, 5) is 2.43. The standard InChI is InChI=1S/C15H20ClN3/c1-2-19-15-8-4-3-7-13(15)14(17-19)11-18-9-5-6-12(16)10-18/h3-4,7-8,12H,2,5-6,9-11H2,1H3. The Balaban J connectivity index is 1.88. The lowest BCUT2D eigenvalue weighted by atomic mass is 10.1. The molecule has 1 aromatic carbocycles. The van der Waals surface area contributed by atoms with Crippen LogP contribution in [0.2, 0.25) is 0 Å². The van der Waals surface area contributed by atoms with E-state index in [-0.39, 0.29) is 0 Å². The van der Waals surface area contributed by atoms with Crippen molar-refractivity contribution < 1.29 is 0 Å². The normalized spacial score (nSPS) is 21.1. The fourth-order valence-corrected chi connectivity index (χ4v) is 3.26. The smallest absolute Gasteiger partial charge is 0.0843 e. The van der Waals surface area contributed by atoms with E-state index in [2.05, 4.69) is 40.8 Å². The number of benzene rings is 1. The van der Waals surface area contributed by atoms with Crippen LogP contribution in [0.25, 0.3) is 10.9 Å². The minimum Gasteiger partial charge on any atom is -0.296 e. The SMILES string of the molecule is CCn1nc(CN2CCCC(Cl)C2)c2ccccc21. The summed E-state index contributed by atoms with van der Waals surface area (Å²) in [7, 11) is 0. The molecule has 0 spiro atoms. The number of nitrogens with zero attached hydrogens (tertiary/aromatic N) is 3. The number of aromatic nitrogens is 2. The van der Waals surface area contributed by atoms with Gasteiger partial charge in [-0.1, -0.05) is 18.2 Å². The molecule has 0 N–H and O–H groups in total. The van der Waals surface area contributed by atoms with E-state index in [9.17, 15) is 0 Å². The van der Waals surface area contributed by atoms with E-state index >= 15 is 0 Å². The van der Waals surface area contributed by atoms with Crippen LogP contribution in [-0.4, -0.2) is 33.1 Å². The second kappa shape index (κ2) is 5.51. The Kier molecular flexibility index (Phi) is 3.76. The summed E-state index contributed by atoms with van der Waals surface area (Å²) in [6, 6.07) is 8.49. The summed E-state index contributed by atoms with van der Waals surface area (Å²) in [5, 5.41) is 6.34. The highest BCUT2D eigenvalue weighted by Crippen LogP contribution is 2.22. The van der Waals surface area contributed by atoms with E-state index in [1.165, 1.54) is 23.0 Å². The van der Waals surface area contributed by atoms with Crippen LogP contribution >= 0.6 is 11.6 Å². The van der Waals surface area contributed by atoms with Crippen LogP contribution in [0.15, 0.2) is 24.3 Å². The first-order valence-electron chi connectivity index (χ1n) is 7.08. The zero-order valence-electron chi connectivity index (χ0n) is 11.3. The number of fused-ring (bicyclic) bond motifs is 1. The molecule has 2 heterocycles. The molecule has 0 saturated carbocycles. The predicted octanol–water partition coefficient (Wildman–Crippen LogP) is 3.26. The highest BCUT2D eigenvalue weighted by Gasteiger charge is 2.20. The lowest BCUT2D eigenvalue weighted by molar-refractivity contribution is 0.222. The molecule has 1 atom stereocenters. The fraction of sp³-hybridized carbons (Fsp3) is 0.533. The summed E-state index contributed by atoms with van der Waals surface area (Å²) >= 11 is 6.26. The van der Waals surface area contributed by atoms with Gasteiger partial charge in [-0.3, -0.25) is 9.58 Å². The number of aryl methyl sites for hydroxylation is 1. The van der Waals surface area contributed by atoms with Crippen molar-refractivity contribution in [2.45, 2.75) is 38.2 Å². The molecule has 3 rings (SSSR count). The summed E-state index contributed by atoms with van der Waals surface area (Å²) in [5.41, 5.74) is 2.42. The van der Waals surface area contributed by atoms with Gasteiger partial charge in [0.25, 0.3) is 0 Å². The monoisotopic (exact) mass is 277 g/mol. The lowest BCUT2D eigenvalue weighted by Gasteiger charge is -2.28. The third kappa shape index (κ3) is 2.63. The largest absolute Gasteiger partial charge is 0.296 e. The van der Waals surface area contributed by atoms with Gasteiger partial charge in [0.05, 0.1) is 11.2 Å². The van der Waals surface area contributed by atoms with E-state index < -0.39 is 0 Å². The van der Waals surface area contributed by atoms with Crippen LogP contribution in [0, 0.1) is 0 Å². The maximum atomic E-state index is 6.26. The second-order valence-electron chi connectivity index (χ2n) is 5.25. The molecule has 1 aliphatic rings. The first-order valence-corrected chi connectivity index (χ1v) is 7.52. The van der Waals surface area contributed by atoms with Crippen molar-refractivity contribution in [3.8, 4) is 0 Å². The van der Waals surface area contributed by atoms with E-state index in [4.69, 9.17) is 16.7 Å². The number of piperidine rings is 1. The van der Waals surface area contributed by atoms with Gasteiger partial charge in [-0.05, 0) is 32.4 Å². The number of hydrogen-bond donors (Lipinski definition) is 0. The van der Waals surface area contributed by atoms with E-state index in [1.807, 2.05) is 0 Å². The minimum atomic E-state index is 0.299. The van der Waals surface area contributed by atoms with Crippen molar-refractivity contribution in [2.75, 3.05) is 13.1 Å². The van der Waals surface area contributed by atoms with Gasteiger partial charge >= 0.3 is 0 Å². The Morgan fingerprint density at radius 3 is 3.00 bits per heavy atom. The van der Waals surface area contributed by atoms with Crippen molar-refractivity contribution in [2.24, 2.45) is 0 Å². The number of likely N-dealkylation sites (tertiary alicyclic amines) is 1. The Morgan fingerprint density at radius 2 is 2.21 bits per heavy atom. The van der Waals surface area contributed by atoms with E-state index in [0.717, 1.165) is 32.6 Å². The third-order valence-electron chi connectivity index (χ3n) is 3.86. The van der Waals surface area contributed by atoms with Crippen molar-refractivity contribution in [3.63, 3.8) is 0 Å². The molecule has 102 valence electrons. The molecule has 1 aromatic heterocycles. The molecule has 1 aliphatic heterocycles. The van der Waals surface area contributed by atoms with Crippen LogP contribution in [0.5, 0.6) is 0 Å². The molecule has 1 fully saturated rings. The van der Waals surface area contributed by atoms with Crippen LogP contribution in [-0.2, 0) is 13.1 Å². The van der Waals surface area contributed by atoms with Gasteiger partial charge in [0, 0.05) is 30.4 Å². The molecule has 1 saturated heterocycles. The lowest BCUT2D eigenvalue weighted by Crippen LogP contribution is -2.35. The van der Waals surface area contributed by atoms with Gasteiger partial charge in [0.15, 0.2) is 0 Å². The van der Waals surface area contributed by atoms with Crippen LogP contribution in [0.4, 0.5) is 0 Å². The first kappa shape index (κ1) is 12.9. The summed E-state index contributed by atoms with van der Waals surface area (Å²) in [6.07, 6.45) is 2.34. The van der Waals surface area contributed by atoms with Gasteiger partial charge in [0.2, 0.25) is 0 Å². The number of halogens is 1. The maximum absolute atomic E-state index is 6.26. The fourth-order valence-electron chi connectivity index (χ4n) is 2.91. The second-order valence-corrected chi connectivity index (χ2v) is 5.87. The van der Waals surface area contributed by atoms with Crippen molar-refractivity contribution >= 4 is 22.5 Å². The van der Waals surface area contributed by atoms with Gasteiger partial charge in [-0.2, -0.15) is 5.10 Å². The topological polar surface area (TPSA) is 21.1 Å². The van der Waals surface area contributed by atoms with Crippen molar-refractivity contribution in [1.29, 1.82) is 0 Å². The van der Waals surface area contributed by atoms with Crippen LogP contribution in [0.3, 0.4) is 0 Å². The average Bonchev–Trinajstić information content (AvgIpc) is 2.77. The molecular weight excluding hydrogens is 258 g/mol. The molecule has 1 unspecified atom stereocenters. The van der Waals surface area contributed by atoms with Crippen LogP contribution < -0.4 is 0 Å². The summed E-state index contributed by atoms with van der Waals surface area (Å²) in [6.45, 7) is 6.08. The Bertz CT molecular complexity index is 564. The predicted molar refractivity (Wildman–Crippen MR) is 79.6 cm³/mol. The minimum absolute atomic E-state index is 0.299. The van der Waals surface area contributed by atoms with Gasteiger partial charge in [-0.15, -0.1) is 11.6 Å². The number of hydrogen-bond acceptors (Lipinski definition) is 2. The number of para-hydroxylation sites is 1. The molecule has 19 heavy (non-hydrogen) atoms. The Morgan fingerprint density at radius 1 is 1.37 bits per heavy atom. The molecule has 0 amide bonds. The maximum Gasteiger partial charge on any atom is 0.0843 e. The molecule has 0 bridgehead atoms. The first-order chi connectivity index (χ1) is 9.28. The van der Waals surface area contributed by atoms with Crippen molar-refractivity contribution in [1.82, 2.24) is 14.7 Å². The molecule has 3 nitrogen and oxygen atoms in total. The van der Waals surface area contributed by atoms with Gasteiger partial charge in [0.1, 0.15) is 0 Å². The summed E-state index contributed by atoms with van der Waals surface area (Å²) in [5.74, 6) is 0. The van der Waals surface area contributed by atoms with Gasteiger partial charge < -0.3 is 0 Å². The Hall–Kier alpha value is -1.06. The zero-order chi connectivity index (χ0) is 13.2. The quantitative estimate of drug-likeness (QED) is 0.803. The number of rotatable bonds is 3. The highest BCUT2D eigenvalue weighted by atomic mass is 35.5. The molecule has 0 aliphatic carbocycles. The molecular formula is C15H20ClN3. The Labute approximate surface area is 119 Å². The number of alkyl halides is 1. The third-order valence-corrected chi connectivity index (χ3v) is 4.21. The van der Waals surface area contributed by atoms with E-state index in [1.54, 1.807) is 0 Å². The van der Waals surface area contributed by atoms with Crippen LogP contribution in [0.1, 0.15) is 25.5 Å². The molecule has 0 radical (unpaired) electrons. The average molecular weight is 278 g/mol. The van der Waals surface area contributed by atoms with Crippen molar-refractivity contribution in [3.05, 3.63) is 30.0 Å². The van der Waals surface area contributed by atoms with E-state index in [0.29, 0.717) is 5.38 Å². The zero-order valence-corrected chi connectivity index (χ0v) is 12.1. The molecule has 2 aromatic rings.